The van der Waals surface area contributed by atoms with Crippen LogP contribution in [-0.4, -0.2) is 22.3 Å². The summed E-state index contributed by atoms with van der Waals surface area (Å²) >= 11 is 0. The van der Waals surface area contributed by atoms with Gasteiger partial charge in [0.15, 0.2) is 5.78 Å². The van der Waals surface area contributed by atoms with Gasteiger partial charge in [-0.3, -0.25) is 4.79 Å². The first-order valence-electron chi connectivity index (χ1n) is 5.19. The number of ketones is 1. The van der Waals surface area contributed by atoms with Crippen LogP contribution in [0, 0.1) is 23.0 Å². The van der Waals surface area contributed by atoms with Crippen molar-refractivity contribution in [3.05, 3.63) is 27.9 Å². The maximum Gasteiger partial charge on any atom is 0.406 e. The van der Waals surface area contributed by atoms with Gasteiger partial charge in [0.05, 0.1) is 0 Å². The molecule has 0 aliphatic carbocycles. The number of hydrogen-bond donors (Lipinski definition) is 0. The predicted molar refractivity (Wildman–Crippen MR) is 61.0 cm³/mol. The fourth-order valence-corrected chi connectivity index (χ4v) is 1.09. The van der Waals surface area contributed by atoms with Gasteiger partial charge in [0.25, 0.3) is 0 Å². The molecule has 6 nitrogen and oxygen atoms in total. The highest BCUT2D eigenvalue weighted by molar-refractivity contribution is 5.81. The van der Waals surface area contributed by atoms with Crippen molar-refractivity contribution in [3.8, 4) is 5.75 Å². The smallest absolute Gasteiger partial charge is 0.406 e. The second-order valence-electron chi connectivity index (χ2n) is 3.94. The van der Waals surface area contributed by atoms with Crippen molar-refractivity contribution in [1.82, 2.24) is 4.98 Å². The van der Waals surface area contributed by atoms with Crippen LogP contribution in [0.1, 0.15) is 19.5 Å². The summed E-state index contributed by atoms with van der Waals surface area (Å²) in [5, 5.41) is 10.7. The molecule has 1 aromatic heterocycles. The van der Waals surface area contributed by atoms with E-state index in [-0.39, 0.29) is 29.9 Å². The second-order valence-corrected chi connectivity index (χ2v) is 3.94. The molecule has 0 amide bonds. The molecule has 0 fully saturated rings. The number of aryl methyl sites for hydroxylation is 1. The normalized spacial score (nSPS) is 10.4. The molecule has 1 rings (SSSR count). The summed E-state index contributed by atoms with van der Waals surface area (Å²) in [6.45, 7) is 4.96. The number of nitro groups is 1. The maximum atomic E-state index is 11.3. The highest BCUT2D eigenvalue weighted by Crippen LogP contribution is 2.24. The third-order valence-electron chi connectivity index (χ3n) is 2.17. The van der Waals surface area contributed by atoms with Crippen LogP contribution in [0.2, 0.25) is 0 Å². The first-order chi connectivity index (χ1) is 7.91. The van der Waals surface area contributed by atoms with Gasteiger partial charge in [-0.15, -0.1) is 0 Å². The molecular weight excluding hydrogens is 224 g/mol. The van der Waals surface area contributed by atoms with E-state index in [9.17, 15) is 14.9 Å². The molecule has 0 bridgehead atoms. The van der Waals surface area contributed by atoms with E-state index in [1.807, 2.05) is 0 Å². The number of pyridine rings is 1. The van der Waals surface area contributed by atoms with Gasteiger partial charge >= 0.3 is 5.82 Å². The van der Waals surface area contributed by atoms with Crippen molar-refractivity contribution in [2.75, 3.05) is 6.61 Å². The van der Waals surface area contributed by atoms with Crippen LogP contribution in [-0.2, 0) is 4.79 Å². The van der Waals surface area contributed by atoms with Crippen molar-refractivity contribution in [2.45, 2.75) is 20.8 Å². The molecule has 0 spiro atoms. The fraction of sp³-hybridized carbons (Fsp3) is 0.455. The molecular formula is C11H14N2O4. The average molecular weight is 238 g/mol. The summed E-state index contributed by atoms with van der Waals surface area (Å²) in [5.41, 5.74) is 0.527. The summed E-state index contributed by atoms with van der Waals surface area (Å²) in [6.07, 6.45) is 0. The van der Waals surface area contributed by atoms with E-state index in [2.05, 4.69) is 4.98 Å². The van der Waals surface area contributed by atoms with Crippen molar-refractivity contribution in [1.29, 1.82) is 0 Å². The zero-order valence-corrected chi connectivity index (χ0v) is 9.97. The minimum absolute atomic E-state index is 0.0228. The molecule has 0 saturated carbocycles. The summed E-state index contributed by atoms with van der Waals surface area (Å²) in [4.78, 5) is 25.2. The highest BCUT2D eigenvalue weighted by atomic mass is 16.6. The first-order valence-corrected chi connectivity index (χ1v) is 5.19. The largest absolute Gasteiger partial charge is 0.478 e. The maximum absolute atomic E-state index is 11.3. The second kappa shape index (κ2) is 5.38. The van der Waals surface area contributed by atoms with Crippen molar-refractivity contribution in [2.24, 2.45) is 5.92 Å². The third kappa shape index (κ3) is 3.51. The Morgan fingerprint density at radius 2 is 2.18 bits per heavy atom. The van der Waals surface area contributed by atoms with Crippen LogP contribution in [0.5, 0.6) is 5.75 Å². The molecule has 0 aliphatic heterocycles. The molecule has 0 N–H and O–H groups in total. The highest BCUT2D eigenvalue weighted by Gasteiger charge is 2.19. The summed E-state index contributed by atoms with van der Waals surface area (Å²) < 4.78 is 5.12. The Morgan fingerprint density at radius 1 is 1.53 bits per heavy atom. The molecule has 92 valence electrons. The van der Waals surface area contributed by atoms with Crippen LogP contribution >= 0.6 is 0 Å². The molecule has 0 aromatic carbocycles. The Bertz CT molecular complexity index is 443. The van der Waals surface area contributed by atoms with E-state index in [1.165, 1.54) is 6.07 Å². The summed E-state index contributed by atoms with van der Waals surface area (Å²) in [5.74, 6) is -0.608. The standard InChI is InChI=1S/C11H14N2O4/c1-7(2)9(14)6-17-10-5-4-8(3)12-11(10)13(15)16/h4-5,7H,6H2,1-3H3. The van der Waals surface area contributed by atoms with Crippen LogP contribution < -0.4 is 4.74 Å². The lowest BCUT2D eigenvalue weighted by Gasteiger charge is -2.07. The Balaban J connectivity index is 2.84. The zero-order valence-electron chi connectivity index (χ0n) is 9.97. The fourth-order valence-electron chi connectivity index (χ4n) is 1.09. The van der Waals surface area contributed by atoms with E-state index in [0.717, 1.165) is 0 Å². The van der Waals surface area contributed by atoms with Crippen LogP contribution in [0.25, 0.3) is 0 Å². The topological polar surface area (TPSA) is 82.3 Å². The average Bonchev–Trinajstić information content (AvgIpc) is 2.26. The molecule has 17 heavy (non-hydrogen) atoms. The SMILES string of the molecule is Cc1ccc(OCC(=O)C(C)C)c([N+](=O)[O-])n1. The number of carbonyl (C=O) groups excluding carboxylic acids is 1. The van der Waals surface area contributed by atoms with Crippen LogP contribution in [0.15, 0.2) is 12.1 Å². The zero-order chi connectivity index (χ0) is 13.0. The van der Waals surface area contributed by atoms with Crippen LogP contribution in [0.4, 0.5) is 5.82 Å². The van der Waals surface area contributed by atoms with E-state index in [0.29, 0.717) is 5.69 Å². The van der Waals surface area contributed by atoms with Gasteiger partial charge < -0.3 is 14.9 Å². The van der Waals surface area contributed by atoms with Gasteiger partial charge in [-0.2, -0.15) is 0 Å². The van der Waals surface area contributed by atoms with E-state index < -0.39 is 4.92 Å². The Kier molecular flexibility index (Phi) is 4.14. The van der Waals surface area contributed by atoms with Gasteiger partial charge in [0.2, 0.25) is 5.75 Å². The van der Waals surface area contributed by atoms with Gasteiger partial charge in [-0.25, -0.2) is 0 Å². The van der Waals surface area contributed by atoms with E-state index >= 15 is 0 Å². The van der Waals surface area contributed by atoms with Gasteiger partial charge in [0.1, 0.15) is 12.3 Å². The first kappa shape index (κ1) is 13.1. The number of nitrogens with zero attached hydrogens (tertiary/aromatic N) is 2. The minimum Gasteiger partial charge on any atom is -0.478 e. The lowest BCUT2D eigenvalue weighted by Crippen LogP contribution is -2.17. The van der Waals surface area contributed by atoms with Crippen molar-refractivity contribution < 1.29 is 14.5 Å². The van der Waals surface area contributed by atoms with Gasteiger partial charge in [0, 0.05) is 12.8 Å². The molecule has 0 unspecified atom stereocenters. The quantitative estimate of drug-likeness (QED) is 0.578. The Hall–Kier alpha value is -1.98. The lowest BCUT2D eigenvalue weighted by molar-refractivity contribution is -0.390. The minimum atomic E-state index is -0.623. The number of ether oxygens (including phenoxy) is 1. The lowest BCUT2D eigenvalue weighted by atomic mass is 10.1. The molecule has 0 aliphatic rings. The van der Waals surface area contributed by atoms with E-state index in [1.54, 1.807) is 26.8 Å². The molecule has 1 heterocycles. The molecule has 0 radical (unpaired) electrons. The van der Waals surface area contributed by atoms with Gasteiger partial charge in [-0.05, 0) is 22.0 Å². The third-order valence-corrected chi connectivity index (χ3v) is 2.17. The number of Topliss-reactive ketones (excluding diaryl/α,β-unsaturated/α-hetero) is 1. The van der Waals surface area contributed by atoms with E-state index in [4.69, 9.17) is 4.74 Å². The monoisotopic (exact) mass is 238 g/mol. The molecule has 0 atom stereocenters. The Morgan fingerprint density at radius 3 is 2.71 bits per heavy atom. The number of aromatic nitrogens is 1. The Labute approximate surface area is 98.8 Å². The van der Waals surface area contributed by atoms with Crippen LogP contribution in [0.3, 0.4) is 0 Å². The summed E-state index contributed by atoms with van der Waals surface area (Å²) in [7, 11) is 0. The number of rotatable bonds is 5. The molecule has 1 aromatic rings. The molecule has 0 saturated heterocycles. The van der Waals surface area contributed by atoms with Crippen molar-refractivity contribution in [3.63, 3.8) is 0 Å². The predicted octanol–water partition coefficient (Wildman–Crippen LogP) is 1.90. The number of carbonyl (C=O) groups is 1. The van der Waals surface area contributed by atoms with Crippen molar-refractivity contribution >= 4 is 11.6 Å². The number of hydrogen-bond acceptors (Lipinski definition) is 5. The molecule has 6 heteroatoms. The summed E-state index contributed by atoms with van der Waals surface area (Å²) in [6, 6.07) is 3.05. The van der Waals surface area contributed by atoms with Gasteiger partial charge in [-0.1, -0.05) is 13.8 Å².